The molecule has 21 heavy (non-hydrogen) atoms. The topological polar surface area (TPSA) is 59.1 Å². The zero-order valence-corrected chi connectivity index (χ0v) is 13.8. The highest BCUT2D eigenvalue weighted by Crippen LogP contribution is 2.29. The van der Waals surface area contributed by atoms with E-state index in [9.17, 15) is 0 Å². The maximum absolute atomic E-state index is 5.92. The second kappa shape index (κ2) is 7.38. The first-order valence-electron chi connectivity index (χ1n) is 8.30. The summed E-state index contributed by atoms with van der Waals surface area (Å²) in [6.07, 6.45) is 9.03. The molecule has 0 amide bonds. The Balaban J connectivity index is 2.03. The minimum absolute atomic E-state index is 0.133. The number of hydrogen-bond acceptors (Lipinski definition) is 4. The zero-order valence-electron chi connectivity index (χ0n) is 13.8. The van der Waals surface area contributed by atoms with Crippen molar-refractivity contribution in [3.8, 4) is 0 Å². The van der Waals surface area contributed by atoms with E-state index < -0.39 is 0 Å². The Morgan fingerprint density at radius 3 is 2.62 bits per heavy atom. The first kappa shape index (κ1) is 16.5. The normalized spacial score (nSPS) is 21.1. The van der Waals surface area contributed by atoms with Crippen LogP contribution in [0.3, 0.4) is 0 Å². The summed E-state index contributed by atoms with van der Waals surface area (Å²) in [4.78, 5) is 2.64. The molecule has 1 aliphatic rings. The second-order valence-electron chi connectivity index (χ2n) is 6.46. The van der Waals surface area contributed by atoms with Crippen LogP contribution >= 0.6 is 0 Å². The Bertz CT molecular complexity index is 424. The van der Waals surface area contributed by atoms with Gasteiger partial charge in [-0.25, -0.2) is 0 Å². The molecule has 0 radical (unpaired) electrons. The van der Waals surface area contributed by atoms with E-state index in [2.05, 4.69) is 35.3 Å². The van der Waals surface area contributed by atoms with Crippen LogP contribution in [0.25, 0.3) is 0 Å². The first-order chi connectivity index (χ1) is 10.1. The number of nitrogens with one attached hydrogen (secondary N) is 1. The molecule has 3 N–H and O–H groups in total. The number of likely N-dealkylation sites (tertiary alicyclic amines) is 1. The standard InChI is InChI=1S/C16H31N5/c1-4-16(2,21-12-6-5-7-13-21)15(19-17)9-8-14-10-11-18-20(14)3/h10-11,15,19H,4-9,12-13,17H2,1-3H3. The lowest BCUT2D eigenvalue weighted by Crippen LogP contribution is -2.62. The van der Waals surface area contributed by atoms with Crippen molar-refractivity contribution in [1.29, 1.82) is 0 Å². The van der Waals surface area contributed by atoms with Crippen molar-refractivity contribution in [1.82, 2.24) is 20.1 Å². The van der Waals surface area contributed by atoms with E-state index in [1.807, 2.05) is 17.9 Å². The average Bonchev–Trinajstić information content (AvgIpc) is 2.93. The van der Waals surface area contributed by atoms with Crippen molar-refractivity contribution in [2.24, 2.45) is 12.9 Å². The summed E-state index contributed by atoms with van der Waals surface area (Å²) < 4.78 is 1.96. The quantitative estimate of drug-likeness (QED) is 0.595. The molecule has 5 nitrogen and oxygen atoms in total. The summed E-state index contributed by atoms with van der Waals surface area (Å²) in [7, 11) is 2.00. The molecule has 0 aromatic carbocycles. The fourth-order valence-corrected chi connectivity index (χ4v) is 3.61. The maximum atomic E-state index is 5.92. The Morgan fingerprint density at radius 2 is 2.10 bits per heavy atom. The van der Waals surface area contributed by atoms with E-state index in [4.69, 9.17) is 5.84 Å². The van der Waals surface area contributed by atoms with Crippen molar-refractivity contribution in [2.45, 2.75) is 64.0 Å². The molecule has 1 fully saturated rings. The predicted molar refractivity (Wildman–Crippen MR) is 86.8 cm³/mol. The minimum Gasteiger partial charge on any atom is -0.296 e. The van der Waals surface area contributed by atoms with Crippen LogP contribution in [0.2, 0.25) is 0 Å². The summed E-state index contributed by atoms with van der Waals surface area (Å²) in [5.41, 5.74) is 4.50. The van der Waals surface area contributed by atoms with Crippen molar-refractivity contribution in [3.63, 3.8) is 0 Å². The third kappa shape index (κ3) is 3.65. The number of aromatic nitrogens is 2. The molecular weight excluding hydrogens is 262 g/mol. The number of nitrogens with zero attached hydrogens (tertiary/aromatic N) is 3. The molecule has 0 aliphatic carbocycles. The van der Waals surface area contributed by atoms with Gasteiger partial charge in [0, 0.05) is 30.5 Å². The monoisotopic (exact) mass is 293 g/mol. The number of hydrazine groups is 1. The lowest BCUT2D eigenvalue weighted by atomic mass is 9.83. The minimum atomic E-state index is 0.133. The van der Waals surface area contributed by atoms with E-state index >= 15 is 0 Å². The summed E-state index contributed by atoms with van der Waals surface area (Å²) in [5, 5.41) is 4.25. The molecule has 120 valence electrons. The molecule has 0 saturated carbocycles. The van der Waals surface area contributed by atoms with Crippen LogP contribution in [-0.4, -0.2) is 39.4 Å². The highest BCUT2D eigenvalue weighted by Gasteiger charge is 2.37. The van der Waals surface area contributed by atoms with Crippen LogP contribution in [0.1, 0.15) is 51.6 Å². The SMILES string of the molecule is CCC(C)(C(CCc1ccnn1C)NN)N1CCCCC1. The molecule has 2 heterocycles. The Hall–Kier alpha value is -0.910. The fourth-order valence-electron chi connectivity index (χ4n) is 3.61. The number of rotatable bonds is 7. The first-order valence-corrected chi connectivity index (χ1v) is 8.30. The van der Waals surface area contributed by atoms with Crippen LogP contribution in [0.15, 0.2) is 12.3 Å². The molecule has 2 unspecified atom stereocenters. The molecule has 1 saturated heterocycles. The Labute approximate surface area is 128 Å². The van der Waals surface area contributed by atoms with Gasteiger partial charge in [-0.05, 0) is 58.2 Å². The van der Waals surface area contributed by atoms with Gasteiger partial charge in [-0.1, -0.05) is 13.3 Å². The summed E-state index contributed by atoms with van der Waals surface area (Å²) >= 11 is 0. The van der Waals surface area contributed by atoms with Crippen molar-refractivity contribution in [2.75, 3.05) is 13.1 Å². The lowest BCUT2D eigenvalue weighted by Gasteiger charge is -2.48. The van der Waals surface area contributed by atoms with Gasteiger partial charge in [-0.2, -0.15) is 5.10 Å². The molecule has 0 bridgehead atoms. The molecular formula is C16H31N5. The van der Waals surface area contributed by atoms with Crippen LogP contribution in [0.5, 0.6) is 0 Å². The van der Waals surface area contributed by atoms with Crippen LogP contribution in [-0.2, 0) is 13.5 Å². The fraction of sp³-hybridized carbons (Fsp3) is 0.812. The largest absolute Gasteiger partial charge is 0.296 e. The molecule has 1 aromatic heterocycles. The van der Waals surface area contributed by atoms with Gasteiger partial charge >= 0.3 is 0 Å². The summed E-state index contributed by atoms with van der Waals surface area (Å²) in [5.74, 6) is 5.92. The zero-order chi connectivity index (χ0) is 15.3. The number of hydrogen-bond donors (Lipinski definition) is 2. The van der Waals surface area contributed by atoms with Crippen LogP contribution in [0.4, 0.5) is 0 Å². The van der Waals surface area contributed by atoms with Gasteiger partial charge in [-0.3, -0.25) is 20.9 Å². The number of aryl methyl sites for hydroxylation is 2. The van der Waals surface area contributed by atoms with E-state index in [1.54, 1.807) is 0 Å². The van der Waals surface area contributed by atoms with Crippen molar-refractivity contribution >= 4 is 0 Å². The summed E-state index contributed by atoms with van der Waals surface area (Å²) in [6, 6.07) is 2.40. The maximum Gasteiger partial charge on any atom is 0.0492 e. The predicted octanol–water partition coefficient (Wildman–Crippen LogP) is 1.84. The Morgan fingerprint density at radius 1 is 1.38 bits per heavy atom. The third-order valence-corrected chi connectivity index (χ3v) is 5.36. The van der Waals surface area contributed by atoms with Gasteiger partial charge in [0.25, 0.3) is 0 Å². The van der Waals surface area contributed by atoms with Gasteiger partial charge in [-0.15, -0.1) is 0 Å². The molecule has 1 aliphatic heterocycles. The van der Waals surface area contributed by atoms with Gasteiger partial charge in [0.1, 0.15) is 0 Å². The molecule has 2 rings (SSSR count). The van der Waals surface area contributed by atoms with Crippen LogP contribution < -0.4 is 11.3 Å². The van der Waals surface area contributed by atoms with Crippen molar-refractivity contribution in [3.05, 3.63) is 18.0 Å². The summed E-state index contributed by atoms with van der Waals surface area (Å²) in [6.45, 7) is 7.05. The number of piperidine rings is 1. The highest BCUT2D eigenvalue weighted by molar-refractivity contribution is 5.03. The van der Waals surface area contributed by atoms with Crippen LogP contribution in [0, 0.1) is 0 Å². The smallest absolute Gasteiger partial charge is 0.0492 e. The third-order valence-electron chi connectivity index (χ3n) is 5.36. The average molecular weight is 293 g/mol. The van der Waals surface area contributed by atoms with Gasteiger partial charge < -0.3 is 0 Å². The van der Waals surface area contributed by atoms with E-state index in [-0.39, 0.29) is 5.54 Å². The van der Waals surface area contributed by atoms with Crippen molar-refractivity contribution < 1.29 is 0 Å². The van der Waals surface area contributed by atoms with E-state index in [0.717, 1.165) is 19.3 Å². The second-order valence-corrected chi connectivity index (χ2v) is 6.46. The van der Waals surface area contributed by atoms with E-state index in [0.29, 0.717) is 6.04 Å². The molecule has 1 aromatic rings. The van der Waals surface area contributed by atoms with E-state index in [1.165, 1.54) is 38.0 Å². The van der Waals surface area contributed by atoms with Gasteiger partial charge in [0.2, 0.25) is 0 Å². The molecule has 0 spiro atoms. The molecule has 2 atom stereocenters. The number of nitrogens with two attached hydrogens (primary N) is 1. The van der Waals surface area contributed by atoms with Gasteiger partial charge in [0.05, 0.1) is 0 Å². The Kier molecular flexibility index (Phi) is 5.79. The lowest BCUT2D eigenvalue weighted by molar-refractivity contribution is 0.0401. The molecule has 5 heteroatoms. The van der Waals surface area contributed by atoms with Gasteiger partial charge in [0.15, 0.2) is 0 Å². The highest BCUT2D eigenvalue weighted by atomic mass is 15.3.